The molecule has 0 saturated heterocycles. The van der Waals surface area contributed by atoms with Gasteiger partial charge < -0.3 is 9.66 Å². The van der Waals surface area contributed by atoms with Crippen molar-refractivity contribution in [2.24, 2.45) is 5.92 Å². The summed E-state index contributed by atoms with van der Waals surface area (Å²) in [5, 5.41) is 20.0. The molecular weight excluding hydrogens is 284 g/mol. The Morgan fingerprint density at radius 2 is 2.10 bits per heavy atom. The number of carbonyl (C=O) groups is 1. The lowest BCUT2D eigenvalue weighted by Crippen LogP contribution is -2.45. The minimum absolute atomic E-state index is 0.0351. The van der Waals surface area contributed by atoms with Gasteiger partial charge in [-0.05, 0) is 5.92 Å². The van der Waals surface area contributed by atoms with Crippen molar-refractivity contribution in [2.75, 3.05) is 0 Å². The second kappa shape index (κ2) is 7.22. The van der Waals surface area contributed by atoms with Gasteiger partial charge in [-0.15, -0.1) is 4.72 Å². The van der Waals surface area contributed by atoms with Gasteiger partial charge in [0.25, 0.3) is 4.90 Å². The van der Waals surface area contributed by atoms with Gasteiger partial charge in [-0.3, -0.25) is 14.9 Å². The molecule has 3 atom stereocenters. The maximum absolute atomic E-state index is 12.1. The molecular formula is C12H16N2O5S. The first-order valence-corrected chi connectivity index (χ1v) is 7.17. The molecule has 8 heteroatoms. The zero-order chi connectivity index (χ0) is 15.3. The topological polar surface area (TPSA) is 116 Å². The van der Waals surface area contributed by atoms with Crippen molar-refractivity contribution in [1.82, 2.24) is 4.72 Å². The number of benzene rings is 1. The minimum atomic E-state index is -1.96. The molecule has 1 rings (SSSR count). The lowest BCUT2D eigenvalue weighted by molar-refractivity contribution is -0.387. The van der Waals surface area contributed by atoms with Gasteiger partial charge in [0, 0.05) is 12.1 Å². The van der Waals surface area contributed by atoms with Gasteiger partial charge in [0.05, 0.1) is 16.3 Å². The van der Waals surface area contributed by atoms with E-state index in [-0.39, 0.29) is 16.5 Å². The molecule has 0 aliphatic heterocycles. The highest BCUT2D eigenvalue weighted by Crippen LogP contribution is 2.23. The van der Waals surface area contributed by atoms with Crippen LogP contribution in [0.25, 0.3) is 0 Å². The van der Waals surface area contributed by atoms with Crippen LogP contribution >= 0.6 is 0 Å². The summed E-state index contributed by atoms with van der Waals surface area (Å²) in [5.74, 6) is -1.38. The largest absolute Gasteiger partial charge is 0.593 e. The molecule has 0 radical (unpaired) electrons. The molecule has 0 heterocycles. The van der Waals surface area contributed by atoms with E-state index in [1.807, 2.05) is 6.92 Å². The van der Waals surface area contributed by atoms with Crippen LogP contribution in [0.1, 0.15) is 20.3 Å². The summed E-state index contributed by atoms with van der Waals surface area (Å²) in [7, 11) is 0. The van der Waals surface area contributed by atoms with Gasteiger partial charge in [0.2, 0.25) is 0 Å². The smallest absolute Gasteiger partial charge is 0.325 e. The summed E-state index contributed by atoms with van der Waals surface area (Å²) in [5.41, 5.74) is -0.299. The van der Waals surface area contributed by atoms with Crippen molar-refractivity contribution in [3.05, 3.63) is 34.4 Å². The monoisotopic (exact) mass is 300 g/mol. The highest BCUT2D eigenvalue weighted by atomic mass is 32.2. The summed E-state index contributed by atoms with van der Waals surface area (Å²) in [6.07, 6.45) is 0.581. The lowest BCUT2D eigenvalue weighted by atomic mass is 10.0. The molecule has 110 valence electrons. The van der Waals surface area contributed by atoms with Crippen molar-refractivity contribution >= 4 is 23.0 Å². The van der Waals surface area contributed by atoms with Gasteiger partial charge in [-0.2, -0.15) is 0 Å². The summed E-state index contributed by atoms with van der Waals surface area (Å²) in [4.78, 5) is 21.3. The molecule has 20 heavy (non-hydrogen) atoms. The molecule has 1 aromatic carbocycles. The van der Waals surface area contributed by atoms with Crippen LogP contribution in [0.15, 0.2) is 29.2 Å². The van der Waals surface area contributed by atoms with Crippen molar-refractivity contribution in [3.63, 3.8) is 0 Å². The van der Waals surface area contributed by atoms with Crippen molar-refractivity contribution in [3.8, 4) is 0 Å². The molecule has 7 nitrogen and oxygen atoms in total. The van der Waals surface area contributed by atoms with Crippen LogP contribution in [0.2, 0.25) is 0 Å². The maximum Gasteiger partial charge on any atom is 0.325 e. The third-order valence-corrected chi connectivity index (χ3v) is 4.19. The van der Waals surface area contributed by atoms with E-state index in [9.17, 15) is 19.5 Å². The zero-order valence-electron chi connectivity index (χ0n) is 11.1. The first-order chi connectivity index (χ1) is 9.38. The fourth-order valence-corrected chi connectivity index (χ4v) is 2.81. The van der Waals surface area contributed by atoms with Crippen LogP contribution in [-0.4, -0.2) is 26.6 Å². The lowest BCUT2D eigenvalue weighted by Gasteiger charge is -2.20. The molecule has 1 aromatic rings. The Morgan fingerprint density at radius 1 is 1.50 bits per heavy atom. The van der Waals surface area contributed by atoms with Crippen LogP contribution in [0.4, 0.5) is 5.69 Å². The molecule has 0 aliphatic carbocycles. The molecule has 0 aromatic heterocycles. The number of nitro benzene ring substituents is 1. The van der Waals surface area contributed by atoms with Crippen molar-refractivity contribution in [2.45, 2.75) is 31.2 Å². The van der Waals surface area contributed by atoms with E-state index < -0.39 is 28.3 Å². The Kier molecular flexibility index (Phi) is 5.93. The Morgan fingerprint density at radius 3 is 2.60 bits per heavy atom. The summed E-state index contributed by atoms with van der Waals surface area (Å²) < 4.78 is 14.6. The number of hydrogen-bond acceptors (Lipinski definition) is 5. The molecule has 0 aliphatic rings. The molecule has 0 fully saturated rings. The first-order valence-electron chi connectivity index (χ1n) is 6.02. The Labute approximate surface area is 119 Å². The predicted molar refractivity (Wildman–Crippen MR) is 73.5 cm³/mol. The van der Waals surface area contributed by atoms with E-state index in [4.69, 9.17) is 5.11 Å². The SMILES string of the molecule is CCC(C)C(N[S+]([O-])c1ccccc1[N+](=O)[O-])C(=O)O. The second-order valence-corrected chi connectivity index (χ2v) is 5.53. The van der Waals surface area contributed by atoms with Gasteiger partial charge >= 0.3 is 11.7 Å². The van der Waals surface area contributed by atoms with E-state index in [1.54, 1.807) is 6.92 Å². The molecule has 0 spiro atoms. The molecule has 0 saturated carbocycles. The van der Waals surface area contributed by atoms with Crippen LogP contribution in [0.5, 0.6) is 0 Å². The van der Waals surface area contributed by atoms with Gasteiger partial charge in [-0.25, -0.2) is 0 Å². The van der Waals surface area contributed by atoms with E-state index in [2.05, 4.69) is 4.72 Å². The third kappa shape index (κ3) is 3.92. The van der Waals surface area contributed by atoms with Crippen molar-refractivity contribution in [1.29, 1.82) is 0 Å². The van der Waals surface area contributed by atoms with E-state index in [0.717, 1.165) is 0 Å². The Hall–Kier alpha value is -1.64. The zero-order valence-corrected chi connectivity index (χ0v) is 11.9. The Bertz CT molecular complexity index is 496. The average molecular weight is 300 g/mol. The second-order valence-electron chi connectivity index (χ2n) is 4.31. The van der Waals surface area contributed by atoms with E-state index >= 15 is 0 Å². The number of para-hydroxylation sites is 1. The molecule has 2 N–H and O–H groups in total. The number of rotatable bonds is 7. The highest BCUT2D eigenvalue weighted by Gasteiger charge is 2.32. The summed E-state index contributed by atoms with van der Waals surface area (Å²) in [6.45, 7) is 3.53. The van der Waals surface area contributed by atoms with Crippen LogP contribution in [-0.2, 0) is 16.2 Å². The van der Waals surface area contributed by atoms with Crippen LogP contribution in [0.3, 0.4) is 0 Å². The van der Waals surface area contributed by atoms with E-state index in [1.165, 1.54) is 24.3 Å². The van der Waals surface area contributed by atoms with Gasteiger partial charge in [0.15, 0.2) is 6.04 Å². The number of nitrogens with one attached hydrogen (secondary N) is 1. The Balaban J connectivity index is 2.97. The normalized spacial score (nSPS) is 15.3. The summed E-state index contributed by atoms with van der Waals surface area (Å²) in [6, 6.07) is 4.52. The number of aliphatic carboxylic acids is 1. The average Bonchev–Trinajstić information content (AvgIpc) is 2.43. The maximum atomic E-state index is 12.1. The van der Waals surface area contributed by atoms with Crippen LogP contribution < -0.4 is 4.72 Å². The van der Waals surface area contributed by atoms with Crippen LogP contribution in [0, 0.1) is 16.0 Å². The number of carboxylic acids is 1. The fourth-order valence-electron chi connectivity index (χ4n) is 1.59. The number of nitrogens with zero attached hydrogens (tertiary/aromatic N) is 1. The van der Waals surface area contributed by atoms with Gasteiger partial charge in [-0.1, -0.05) is 32.4 Å². The third-order valence-electron chi connectivity index (χ3n) is 2.97. The molecule has 3 unspecified atom stereocenters. The predicted octanol–water partition coefficient (Wildman–Crippen LogP) is 1.71. The molecule has 0 amide bonds. The summed E-state index contributed by atoms with van der Waals surface area (Å²) >= 11 is -1.96. The standard InChI is InChI=1S/C12H16N2O5S/c1-3-8(2)11(12(15)16)13-20(19)10-7-5-4-6-9(10)14(17)18/h4-8,11,13H,3H2,1-2H3,(H,15,16). The van der Waals surface area contributed by atoms with Crippen molar-refractivity contribution < 1.29 is 19.4 Å². The number of hydrogen-bond donors (Lipinski definition) is 2. The van der Waals surface area contributed by atoms with E-state index in [0.29, 0.717) is 6.42 Å². The minimum Gasteiger partial charge on any atom is -0.593 e. The highest BCUT2D eigenvalue weighted by molar-refractivity contribution is 7.89. The number of nitro groups is 1. The number of carboxylic acid groups (broad SMARTS) is 1. The first kappa shape index (κ1) is 16.4. The van der Waals surface area contributed by atoms with Gasteiger partial charge in [0.1, 0.15) is 0 Å². The molecule has 0 bridgehead atoms. The quantitative estimate of drug-likeness (QED) is 0.450. The fraction of sp³-hybridized carbons (Fsp3) is 0.417.